The van der Waals surface area contributed by atoms with Crippen molar-refractivity contribution in [3.63, 3.8) is 0 Å². The molecule has 0 saturated carbocycles. The number of hydrogen-bond donors (Lipinski definition) is 2. The second-order valence-electron chi connectivity index (χ2n) is 7.84. The first-order valence-corrected chi connectivity index (χ1v) is 10.7. The number of furan rings is 1. The molecule has 1 atom stereocenters. The van der Waals surface area contributed by atoms with E-state index in [0.717, 1.165) is 28.2 Å². The molecule has 0 radical (unpaired) electrons. The zero-order valence-electron chi connectivity index (χ0n) is 16.9. The van der Waals surface area contributed by atoms with Crippen LogP contribution >= 0.6 is 11.6 Å². The van der Waals surface area contributed by atoms with Gasteiger partial charge in [-0.25, -0.2) is 9.67 Å². The first-order chi connectivity index (χ1) is 15.7. The molecule has 1 unspecified atom stereocenters. The SMILES string of the molecule is O=C1CC(c2ccco2)Cc2c1c(Nc1cccc(Cl)c1)nn2-c1nc2ccccc2[nH]1. The number of Topliss-reactive ketones (excluding diaryl/α,β-unsaturated/α-hetero) is 1. The summed E-state index contributed by atoms with van der Waals surface area (Å²) in [5.41, 5.74) is 3.87. The smallest absolute Gasteiger partial charge is 0.229 e. The van der Waals surface area contributed by atoms with Crippen molar-refractivity contribution in [1.29, 1.82) is 0 Å². The van der Waals surface area contributed by atoms with E-state index in [1.165, 1.54) is 0 Å². The van der Waals surface area contributed by atoms with Crippen molar-refractivity contribution in [2.24, 2.45) is 0 Å². The fourth-order valence-electron chi connectivity index (χ4n) is 4.30. The van der Waals surface area contributed by atoms with Gasteiger partial charge in [-0.3, -0.25) is 4.79 Å². The summed E-state index contributed by atoms with van der Waals surface area (Å²) >= 11 is 6.15. The fraction of sp³-hybridized carbons (Fsp3) is 0.125. The van der Waals surface area contributed by atoms with Crippen LogP contribution in [0, 0.1) is 0 Å². The number of carbonyl (C=O) groups excluding carboxylic acids is 1. The van der Waals surface area contributed by atoms with Gasteiger partial charge in [0.15, 0.2) is 11.6 Å². The Labute approximate surface area is 188 Å². The molecule has 0 amide bonds. The monoisotopic (exact) mass is 443 g/mol. The molecule has 0 fully saturated rings. The molecular formula is C24H18ClN5O2. The maximum Gasteiger partial charge on any atom is 0.229 e. The number of imidazole rings is 1. The van der Waals surface area contributed by atoms with Crippen molar-refractivity contribution in [3.05, 3.63) is 89.0 Å². The van der Waals surface area contributed by atoms with E-state index in [-0.39, 0.29) is 11.7 Å². The average molecular weight is 444 g/mol. The maximum absolute atomic E-state index is 13.3. The predicted octanol–water partition coefficient (Wildman–Crippen LogP) is 5.65. The fourth-order valence-corrected chi connectivity index (χ4v) is 4.49. The van der Waals surface area contributed by atoms with E-state index in [4.69, 9.17) is 26.1 Å². The Bertz CT molecular complexity index is 1420. The molecule has 0 saturated heterocycles. The Morgan fingerprint density at radius 1 is 1.09 bits per heavy atom. The van der Waals surface area contributed by atoms with Crippen LogP contribution in [0.5, 0.6) is 0 Å². The Hall–Kier alpha value is -3.84. The van der Waals surface area contributed by atoms with E-state index in [1.54, 1.807) is 23.1 Å². The minimum absolute atomic E-state index is 0.0135. The van der Waals surface area contributed by atoms with Gasteiger partial charge in [-0.05, 0) is 42.5 Å². The number of halogens is 1. The van der Waals surface area contributed by atoms with Crippen LogP contribution in [0.25, 0.3) is 17.0 Å². The quantitative estimate of drug-likeness (QED) is 0.374. The van der Waals surface area contributed by atoms with Crippen LogP contribution in [0.2, 0.25) is 5.02 Å². The van der Waals surface area contributed by atoms with Crippen molar-refractivity contribution < 1.29 is 9.21 Å². The lowest BCUT2D eigenvalue weighted by Gasteiger charge is -2.20. The molecule has 1 aliphatic rings. The number of nitrogens with zero attached hydrogens (tertiary/aromatic N) is 3. The number of para-hydroxylation sites is 2. The number of aromatic nitrogens is 4. The van der Waals surface area contributed by atoms with Crippen LogP contribution in [0.4, 0.5) is 11.5 Å². The minimum atomic E-state index is -0.0520. The van der Waals surface area contributed by atoms with Crippen molar-refractivity contribution in [3.8, 4) is 5.95 Å². The highest BCUT2D eigenvalue weighted by atomic mass is 35.5. The second-order valence-corrected chi connectivity index (χ2v) is 8.28. The van der Waals surface area contributed by atoms with Gasteiger partial charge in [0.25, 0.3) is 0 Å². The summed E-state index contributed by atoms with van der Waals surface area (Å²) in [6.07, 6.45) is 2.60. The van der Waals surface area contributed by atoms with E-state index < -0.39 is 0 Å². The van der Waals surface area contributed by atoms with Crippen LogP contribution in [-0.2, 0) is 6.42 Å². The highest BCUT2D eigenvalue weighted by Gasteiger charge is 2.35. The van der Waals surface area contributed by atoms with Crippen molar-refractivity contribution in [2.45, 2.75) is 18.8 Å². The summed E-state index contributed by atoms with van der Waals surface area (Å²) in [4.78, 5) is 21.3. The zero-order chi connectivity index (χ0) is 21.7. The number of H-pyrrole nitrogens is 1. The predicted molar refractivity (Wildman–Crippen MR) is 122 cm³/mol. The zero-order valence-corrected chi connectivity index (χ0v) is 17.6. The van der Waals surface area contributed by atoms with Gasteiger partial charge in [0.05, 0.1) is 28.6 Å². The molecule has 0 spiro atoms. The van der Waals surface area contributed by atoms with Crippen LogP contribution in [0.3, 0.4) is 0 Å². The van der Waals surface area contributed by atoms with Crippen LogP contribution in [0.15, 0.2) is 71.3 Å². The lowest BCUT2D eigenvalue weighted by atomic mass is 9.85. The molecule has 0 aliphatic heterocycles. The second kappa shape index (κ2) is 7.39. The van der Waals surface area contributed by atoms with Gasteiger partial charge in [0.2, 0.25) is 5.95 Å². The number of carbonyl (C=O) groups is 1. The molecule has 7 nitrogen and oxygen atoms in total. The number of rotatable bonds is 4. The van der Waals surface area contributed by atoms with E-state index in [2.05, 4.69) is 10.3 Å². The van der Waals surface area contributed by atoms with E-state index >= 15 is 0 Å². The number of aromatic amines is 1. The van der Waals surface area contributed by atoms with Gasteiger partial charge in [0, 0.05) is 29.5 Å². The largest absolute Gasteiger partial charge is 0.469 e. The topological polar surface area (TPSA) is 88.7 Å². The van der Waals surface area contributed by atoms with Crippen molar-refractivity contribution in [2.75, 3.05) is 5.32 Å². The molecule has 158 valence electrons. The summed E-state index contributed by atoms with van der Waals surface area (Å²) in [5, 5.41) is 8.64. The molecule has 8 heteroatoms. The molecule has 1 aliphatic carbocycles. The Morgan fingerprint density at radius 3 is 2.81 bits per heavy atom. The highest BCUT2D eigenvalue weighted by Crippen LogP contribution is 2.38. The summed E-state index contributed by atoms with van der Waals surface area (Å²) in [6.45, 7) is 0. The number of benzene rings is 2. The Kier molecular flexibility index (Phi) is 4.36. The molecular weight excluding hydrogens is 426 g/mol. The molecule has 6 rings (SSSR count). The number of nitrogens with one attached hydrogen (secondary N) is 2. The molecule has 3 heterocycles. The third-order valence-electron chi connectivity index (χ3n) is 5.74. The molecule has 3 aromatic heterocycles. The molecule has 0 bridgehead atoms. The molecule has 32 heavy (non-hydrogen) atoms. The van der Waals surface area contributed by atoms with Crippen LogP contribution in [0.1, 0.15) is 34.2 Å². The third kappa shape index (κ3) is 3.18. The first kappa shape index (κ1) is 18.9. The molecule has 5 aromatic rings. The van der Waals surface area contributed by atoms with Crippen LogP contribution < -0.4 is 5.32 Å². The number of fused-ring (bicyclic) bond motifs is 2. The minimum Gasteiger partial charge on any atom is -0.469 e. The van der Waals surface area contributed by atoms with Gasteiger partial charge >= 0.3 is 0 Å². The van der Waals surface area contributed by atoms with E-state index in [0.29, 0.717) is 35.2 Å². The normalized spacial score (nSPS) is 15.8. The van der Waals surface area contributed by atoms with E-state index in [1.807, 2.05) is 48.5 Å². The Balaban J connectivity index is 1.50. The van der Waals surface area contributed by atoms with Gasteiger partial charge in [-0.2, -0.15) is 0 Å². The summed E-state index contributed by atoms with van der Waals surface area (Å²) in [7, 11) is 0. The lowest BCUT2D eigenvalue weighted by molar-refractivity contribution is 0.0960. The van der Waals surface area contributed by atoms with Crippen LogP contribution in [-0.4, -0.2) is 25.5 Å². The number of hydrogen-bond acceptors (Lipinski definition) is 5. The van der Waals surface area contributed by atoms with Crippen molar-refractivity contribution in [1.82, 2.24) is 19.7 Å². The number of ketones is 1. The van der Waals surface area contributed by atoms with Gasteiger partial charge in [-0.1, -0.05) is 29.8 Å². The molecule has 2 N–H and O–H groups in total. The maximum atomic E-state index is 13.3. The Morgan fingerprint density at radius 2 is 2.00 bits per heavy atom. The average Bonchev–Trinajstić information content (AvgIpc) is 3.52. The number of anilines is 2. The van der Waals surface area contributed by atoms with Crippen molar-refractivity contribution >= 4 is 39.9 Å². The third-order valence-corrected chi connectivity index (χ3v) is 5.98. The van der Waals surface area contributed by atoms with Gasteiger partial charge < -0.3 is 14.7 Å². The summed E-state index contributed by atoms with van der Waals surface area (Å²) < 4.78 is 7.34. The lowest BCUT2D eigenvalue weighted by Crippen LogP contribution is -2.20. The molecule has 2 aromatic carbocycles. The standard InChI is InChI=1S/C24H18ClN5O2/c25-15-5-3-6-16(13-15)26-23-22-19(11-14(12-20(22)31)21-9-4-10-32-21)30(29-23)24-27-17-7-1-2-8-18(17)28-24/h1-10,13-14H,11-12H2,(H,26,29)(H,27,28). The highest BCUT2D eigenvalue weighted by molar-refractivity contribution is 6.30. The van der Waals surface area contributed by atoms with Gasteiger partial charge in [0.1, 0.15) is 5.76 Å². The summed E-state index contributed by atoms with van der Waals surface area (Å²) in [6, 6.07) is 18.9. The summed E-state index contributed by atoms with van der Waals surface area (Å²) in [5.74, 6) is 1.81. The van der Waals surface area contributed by atoms with E-state index in [9.17, 15) is 4.79 Å². The van der Waals surface area contributed by atoms with Gasteiger partial charge in [-0.15, -0.1) is 5.10 Å². The first-order valence-electron chi connectivity index (χ1n) is 10.3.